The van der Waals surface area contributed by atoms with Crippen LogP contribution in [-0.2, 0) is 4.74 Å². The van der Waals surface area contributed by atoms with E-state index in [0.29, 0.717) is 0 Å². The van der Waals surface area contributed by atoms with E-state index in [4.69, 9.17) is 14.9 Å². The molecule has 0 saturated heterocycles. The molecule has 0 spiro atoms. The summed E-state index contributed by atoms with van der Waals surface area (Å²) < 4.78 is 10.3. The summed E-state index contributed by atoms with van der Waals surface area (Å²) in [6.07, 6.45) is 1.38. The molecule has 3 aromatic rings. The molecular formula is C14H12N4O5. The molecule has 0 saturated carbocycles. The zero-order chi connectivity index (χ0) is 16.6. The van der Waals surface area contributed by atoms with Crippen LogP contribution in [0.4, 0.5) is 5.82 Å². The van der Waals surface area contributed by atoms with Crippen molar-refractivity contribution >= 4 is 22.8 Å². The van der Waals surface area contributed by atoms with Gasteiger partial charge >= 0.3 is 11.7 Å². The van der Waals surface area contributed by atoms with E-state index in [1.54, 1.807) is 19.1 Å². The number of nitrogen functional groups attached to an aromatic ring is 1. The molecule has 3 heterocycles. The minimum atomic E-state index is -0.739. The van der Waals surface area contributed by atoms with Crippen LogP contribution in [0.15, 0.2) is 32.4 Å². The molecule has 23 heavy (non-hydrogen) atoms. The van der Waals surface area contributed by atoms with Gasteiger partial charge < -0.3 is 14.9 Å². The van der Waals surface area contributed by atoms with Crippen LogP contribution >= 0.6 is 0 Å². The lowest BCUT2D eigenvalue weighted by molar-refractivity contribution is 0.0528. The Morgan fingerprint density at radius 3 is 2.83 bits per heavy atom. The van der Waals surface area contributed by atoms with E-state index in [0.717, 1.165) is 0 Å². The second-order valence-corrected chi connectivity index (χ2v) is 4.58. The SMILES string of the molecule is CCOC(=O)c1c(N)nc2[nH]c(=O)[nH]c(=O)c2c1-c1ccco1. The summed E-state index contributed by atoms with van der Waals surface area (Å²) in [6, 6.07) is 3.15. The molecule has 0 unspecified atom stereocenters. The maximum Gasteiger partial charge on any atom is 0.342 e. The summed E-state index contributed by atoms with van der Waals surface area (Å²) in [5, 5.41) is -0.0168. The molecule has 118 valence electrons. The Kier molecular flexibility index (Phi) is 3.45. The Balaban J connectivity index is 2.50. The minimum Gasteiger partial charge on any atom is -0.464 e. The quantitative estimate of drug-likeness (QED) is 0.601. The van der Waals surface area contributed by atoms with Gasteiger partial charge in [0, 0.05) is 0 Å². The van der Waals surface area contributed by atoms with Crippen molar-refractivity contribution in [2.45, 2.75) is 6.92 Å². The smallest absolute Gasteiger partial charge is 0.342 e. The molecule has 0 bridgehead atoms. The number of ether oxygens (including phenoxy) is 1. The van der Waals surface area contributed by atoms with Crippen LogP contribution in [0, 0.1) is 0 Å². The van der Waals surface area contributed by atoms with Crippen LogP contribution in [0.25, 0.3) is 22.4 Å². The van der Waals surface area contributed by atoms with Gasteiger partial charge in [0.05, 0.1) is 23.8 Å². The van der Waals surface area contributed by atoms with Gasteiger partial charge in [-0.3, -0.25) is 14.8 Å². The standard InChI is InChI=1S/C14H12N4O5/c1-2-22-13(20)8-7(6-4-3-5-23-6)9-11(16-10(8)15)17-14(21)18-12(9)19/h3-5H,2H2,1H3,(H4,15,16,17,18,19,21). The molecule has 4 N–H and O–H groups in total. The number of aromatic amines is 2. The molecular weight excluding hydrogens is 304 g/mol. The fourth-order valence-electron chi connectivity index (χ4n) is 2.30. The van der Waals surface area contributed by atoms with E-state index in [1.807, 2.05) is 0 Å². The minimum absolute atomic E-state index is 0.0168. The second-order valence-electron chi connectivity index (χ2n) is 4.58. The van der Waals surface area contributed by atoms with Crippen LogP contribution in [0.5, 0.6) is 0 Å². The number of pyridine rings is 1. The molecule has 0 aliphatic heterocycles. The number of furan rings is 1. The maximum absolute atomic E-state index is 12.2. The number of nitrogens with one attached hydrogen (secondary N) is 2. The van der Waals surface area contributed by atoms with E-state index in [-0.39, 0.29) is 40.3 Å². The van der Waals surface area contributed by atoms with Crippen molar-refractivity contribution in [3.8, 4) is 11.3 Å². The number of fused-ring (bicyclic) bond motifs is 1. The fourth-order valence-corrected chi connectivity index (χ4v) is 2.30. The number of aromatic nitrogens is 3. The van der Waals surface area contributed by atoms with Crippen molar-refractivity contribution in [3.05, 3.63) is 44.8 Å². The zero-order valence-corrected chi connectivity index (χ0v) is 12.0. The highest BCUT2D eigenvalue weighted by Gasteiger charge is 2.25. The zero-order valence-electron chi connectivity index (χ0n) is 12.0. The van der Waals surface area contributed by atoms with Gasteiger partial charge in [0.1, 0.15) is 22.8 Å². The predicted octanol–water partition coefficient (Wildman–Crippen LogP) is 0.630. The summed E-state index contributed by atoms with van der Waals surface area (Å²) in [5.74, 6) is -0.690. The average molecular weight is 316 g/mol. The number of rotatable bonds is 3. The Bertz CT molecular complexity index is 1000. The number of esters is 1. The fraction of sp³-hybridized carbons (Fsp3) is 0.143. The molecule has 0 aromatic carbocycles. The van der Waals surface area contributed by atoms with Gasteiger partial charge in [-0.25, -0.2) is 14.6 Å². The molecule has 0 amide bonds. The highest BCUT2D eigenvalue weighted by atomic mass is 16.5. The van der Waals surface area contributed by atoms with Crippen molar-refractivity contribution in [1.82, 2.24) is 15.0 Å². The number of nitrogens with two attached hydrogens (primary N) is 1. The van der Waals surface area contributed by atoms with Crippen LogP contribution in [0.2, 0.25) is 0 Å². The summed E-state index contributed by atoms with van der Waals surface area (Å²) in [4.78, 5) is 44.3. The number of H-pyrrole nitrogens is 2. The largest absolute Gasteiger partial charge is 0.464 e. The normalized spacial score (nSPS) is 10.8. The first-order chi connectivity index (χ1) is 11.0. The van der Waals surface area contributed by atoms with Gasteiger partial charge in [-0.15, -0.1) is 0 Å². The Morgan fingerprint density at radius 1 is 1.39 bits per heavy atom. The van der Waals surface area contributed by atoms with Crippen LogP contribution in [0.1, 0.15) is 17.3 Å². The lowest BCUT2D eigenvalue weighted by Gasteiger charge is -2.11. The number of hydrogen-bond acceptors (Lipinski definition) is 7. The van der Waals surface area contributed by atoms with Gasteiger partial charge in [0.15, 0.2) is 0 Å². The van der Waals surface area contributed by atoms with Gasteiger partial charge in [-0.1, -0.05) is 0 Å². The molecule has 9 heteroatoms. The topological polar surface area (TPSA) is 144 Å². The third-order valence-electron chi connectivity index (χ3n) is 3.16. The molecule has 3 rings (SSSR count). The first-order valence-electron chi connectivity index (χ1n) is 6.69. The lowest BCUT2D eigenvalue weighted by atomic mass is 10.0. The first kappa shape index (κ1) is 14.6. The van der Waals surface area contributed by atoms with E-state index in [9.17, 15) is 14.4 Å². The molecule has 0 fully saturated rings. The van der Waals surface area contributed by atoms with E-state index in [2.05, 4.69) is 15.0 Å². The molecule has 0 radical (unpaired) electrons. The van der Waals surface area contributed by atoms with Gasteiger partial charge in [0.2, 0.25) is 0 Å². The third-order valence-corrected chi connectivity index (χ3v) is 3.16. The van der Waals surface area contributed by atoms with E-state index < -0.39 is 17.2 Å². The molecule has 3 aromatic heterocycles. The van der Waals surface area contributed by atoms with Crippen molar-refractivity contribution in [2.24, 2.45) is 0 Å². The van der Waals surface area contributed by atoms with Gasteiger partial charge in [-0.2, -0.15) is 0 Å². The molecule has 9 nitrogen and oxygen atoms in total. The van der Waals surface area contributed by atoms with Crippen molar-refractivity contribution < 1.29 is 13.9 Å². The first-order valence-corrected chi connectivity index (χ1v) is 6.69. The molecule has 0 aliphatic rings. The van der Waals surface area contributed by atoms with E-state index >= 15 is 0 Å². The Labute approximate surface area is 128 Å². The Hall–Kier alpha value is -3.36. The molecule has 0 aliphatic carbocycles. The highest BCUT2D eigenvalue weighted by molar-refractivity contribution is 6.08. The summed E-state index contributed by atoms with van der Waals surface area (Å²) >= 11 is 0. The highest BCUT2D eigenvalue weighted by Crippen LogP contribution is 2.32. The van der Waals surface area contributed by atoms with Crippen molar-refractivity contribution in [1.29, 1.82) is 0 Å². The summed E-state index contributed by atoms with van der Waals surface area (Å²) in [7, 11) is 0. The Morgan fingerprint density at radius 2 is 2.17 bits per heavy atom. The second kappa shape index (κ2) is 5.44. The third kappa shape index (κ3) is 2.37. The predicted molar refractivity (Wildman–Crippen MR) is 81.1 cm³/mol. The number of hydrogen-bond donors (Lipinski definition) is 3. The number of carbonyl (C=O) groups is 1. The van der Waals surface area contributed by atoms with E-state index in [1.165, 1.54) is 6.26 Å². The number of carbonyl (C=O) groups excluding carboxylic acids is 1. The van der Waals surface area contributed by atoms with Crippen molar-refractivity contribution in [3.63, 3.8) is 0 Å². The van der Waals surface area contributed by atoms with Crippen molar-refractivity contribution in [2.75, 3.05) is 12.3 Å². The number of anilines is 1. The van der Waals surface area contributed by atoms with Gasteiger partial charge in [-0.05, 0) is 19.1 Å². The lowest BCUT2D eigenvalue weighted by Crippen LogP contribution is -2.24. The summed E-state index contributed by atoms with van der Waals surface area (Å²) in [6.45, 7) is 1.76. The molecule has 0 atom stereocenters. The average Bonchev–Trinajstić information content (AvgIpc) is 2.99. The van der Waals surface area contributed by atoms with Crippen LogP contribution in [0.3, 0.4) is 0 Å². The van der Waals surface area contributed by atoms with Gasteiger partial charge in [0.25, 0.3) is 5.56 Å². The van der Waals surface area contributed by atoms with Crippen LogP contribution in [-0.4, -0.2) is 27.5 Å². The summed E-state index contributed by atoms with van der Waals surface area (Å²) in [5.41, 5.74) is 4.37. The monoisotopic (exact) mass is 316 g/mol. The number of nitrogens with zero attached hydrogens (tertiary/aromatic N) is 1. The van der Waals surface area contributed by atoms with Crippen LogP contribution < -0.4 is 17.0 Å². The maximum atomic E-state index is 12.2.